The molecule has 3 aromatic rings. The molecule has 1 aliphatic rings. The minimum Gasteiger partial charge on any atom is -0.479 e. The highest BCUT2D eigenvalue weighted by Crippen LogP contribution is 2.52. The van der Waals surface area contributed by atoms with E-state index in [-0.39, 0.29) is 33.5 Å². The maximum Gasteiger partial charge on any atom is 0.337 e. The van der Waals surface area contributed by atoms with Gasteiger partial charge in [0, 0.05) is 22.3 Å². The van der Waals surface area contributed by atoms with Gasteiger partial charge in [-0.2, -0.15) is 8.42 Å². The minimum absolute atomic E-state index is 0.00313. The number of rotatable bonds is 5. The summed E-state index contributed by atoms with van der Waals surface area (Å²) in [7, 11) is -4.48. The Morgan fingerprint density at radius 1 is 0.974 bits per heavy atom. The number of carboxylic acid groups (broad SMARTS) is 1. The van der Waals surface area contributed by atoms with Gasteiger partial charge >= 0.3 is 5.97 Å². The third-order valence-electron chi connectivity index (χ3n) is 6.63. The fraction of sp³-hybridized carbons (Fsp3) is 0.321. The molecule has 0 radical (unpaired) electrons. The summed E-state index contributed by atoms with van der Waals surface area (Å²) in [6.07, 6.45) is -1.50. The number of hydrogen-bond acceptors (Lipinski definition) is 4. The van der Waals surface area contributed by atoms with Gasteiger partial charge in [-0.25, -0.2) is 18.7 Å². The average Bonchev–Trinajstić information content (AvgIpc) is 2.80. The topological polar surface area (TPSA) is 110 Å². The molecule has 10 heteroatoms. The third-order valence-corrected chi connectivity index (χ3v) is 7.55. The van der Waals surface area contributed by atoms with Crippen molar-refractivity contribution in [2.45, 2.75) is 59.8 Å². The molecule has 0 amide bonds. The lowest BCUT2D eigenvalue weighted by atomic mass is 9.80. The van der Waals surface area contributed by atoms with Gasteiger partial charge in [-0.05, 0) is 75.9 Å². The molecule has 38 heavy (non-hydrogen) atoms. The number of carbonyl (C=O) groups is 1. The van der Waals surface area contributed by atoms with E-state index in [9.17, 15) is 22.7 Å². The standard InChI is InChI=1S/C28H30F2N2O5S/c1-14-7-9-17(10-8-14)21-15(2)22-24-18(19(29)11-12-20(24)30)13-32(38(31,35)36)25(22)16(3)23(21)26(27(33)34)37-28(4,5)6/h7-12,26H,13H2,1-6H3,(H,33,34)(H2,31,35,36)/t26-/m0/s1. The lowest BCUT2D eigenvalue weighted by molar-refractivity contribution is -0.160. The van der Waals surface area contributed by atoms with Gasteiger partial charge in [0.25, 0.3) is 10.2 Å². The first kappa shape index (κ1) is 27.7. The third kappa shape index (κ3) is 4.79. The first-order valence-electron chi connectivity index (χ1n) is 11.9. The number of benzene rings is 3. The molecule has 0 saturated carbocycles. The van der Waals surface area contributed by atoms with Crippen LogP contribution in [-0.4, -0.2) is 25.1 Å². The Balaban J connectivity index is 2.25. The number of anilines is 1. The second-order valence-electron chi connectivity index (χ2n) is 10.5. The van der Waals surface area contributed by atoms with Gasteiger partial charge in [-0.1, -0.05) is 29.8 Å². The van der Waals surface area contributed by atoms with Crippen LogP contribution in [0.15, 0.2) is 36.4 Å². The van der Waals surface area contributed by atoms with Crippen molar-refractivity contribution in [2.24, 2.45) is 5.14 Å². The van der Waals surface area contributed by atoms with Gasteiger partial charge in [-0.3, -0.25) is 4.31 Å². The molecule has 0 bridgehead atoms. The summed E-state index contributed by atoms with van der Waals surface area (Å²) in [6, 6.07) is 9.21. The predicted octanol–water partition coefficient (Wildman–Crippen LogP) is 5.69. The van der Waals surface area contributed by atoms with Crippen LogP contribution in [0.2, 0.25) is 0 Å². The summed E-state index contributed by atoms with van der Waals surface area (Å²) in [5.41, 5.74) is 1.82. The molecular formula is C28H30F2N2O5S. The maximum atomic E-state index is 15.4. The van der Waals surface area contributed by atoms with Gasteiger partial charge < -0.3 is 9.84 Å². The van der Waals surface area contributed by atoms with E-state index < -0.39 is 46.1 Å². The fourth-order valence-electron chi connectivity index (χ4n) is 5.09. The van der Waals surface area contributed by atoms with Gasteiger partial charge in [-0.15, -0.1) is 0 Å². The van der Waals surface area contributed by atoms with E-state index in [1.54, 1.807) is 46.8 Å². The highest BCUT2D eigenvalue weighted by atomic mass is 32.2. The molecule has 0 spiro atoms. The van der Waals surface area contributed by atoms with Crippen molar-refractivity contribution < 1.29 is 31.8 Å². The Morgan fingerprint density at radius 3 is 2.08 bits per heavy atom. The lowest BCUT2D eigenvalue weighted by Gasteiger charge is -2.37. The van der Waals surface area contributed by atoms with Crippen LogP contribution >= 0.6 is 0 Å². The number of aliphatic carboxylic acids is 1. The molecule has 202 valence electrons. The number of aryl methyl sites for hydroxylation is 1. The molecule has 4 rings (SSSR count). The molecule has 7 nitrogen and oxygen atoms in total. The molecular weight excluding hydrogens is 514 g/mol. The smallest absolute Gasteiger partial charge is 0.337 e. The predicted molar refractivity (Wildman–Crippen MR) is 142 cm³/mol. The molecule has 1 atom stereocenters. The summed E-state index contributed by atoms with van der Waals surface area (Å²) in [5.74, 6) is -2.80. The lowest BCUT2D eigenvalue weighted by Crippen LogP contribution is -2.40. The van der Waals surface area contributed by atoms with Crippen LogP contribution < -0.4 is 9.44 Å². The van der Waals surface area contributed by atoms with Gasteiger partial charge in [0.05, 0.1) is 17.8 Å². The van der Waals surface area contributed by atoms with Crippen molar-refractivity contribution in [2.75, 3.05) is 4.31 Å². The summed E-state index contributed by atoms with van der Waals surface area (Å²) in [4.78, 5) is 12.6. The van der Waals surface area contributed by atoms with Gasteiger partial charge in [0.15, 0.2) is 6.10 Å². The zero-order valence-electron chi connectivity index (χ0n) is 22.0. The normalized spacial score (nSPS) is 14.2. The number of halogens is 2. The molecule has 1 aliphatic heterocycles. The molecule has 3 N–H and O–H groups in total. The van der Waals surface area contributed by atoms with Crippen molar-refractivity contribution >= 4 is 21.9 Å². The summed E-state index contributed by atoms with van der Waals surface area (Å²) >= 11 is 0. The number of nitrogens with zero attached hydrogens (tertiary/aromatic N) is 1. The Hall–Kier alpha value is -3.34. The SMILES string of the molecule is Cc1ccc(-c2c(C)c3c(c(C)c2[C@H](OC(C)(C)C)C(=O)O)N(S(N)(=O)=O)Cc2c(F)ccc(F)c2-3)cc1. The minimum atomic E-state index is -4.48. The Morgan fingerprint density at radius 2 is 1.55 bits per heavy atom. The van der Waals surface area contributed by atoms with Gasteiger partial charge in [0.2, 0.25) is 0 Å². The number of ether oxygens (including phenoxy) is 1. The highest BCUT2D eigenvalue weighted by Gasteiger charge is 2.40. The second-order valence-corrected chi connectivity index (χ2v) is 12.0. The molecule has 0 aliphatic carbocycles. The Bertz CT molecular complexity index is 1560. The molecule has 1 heterocycles. The summed E-state index contributed by atoms with van der Waals surface area (Å²) < 4.78 is 62.7. The van der Waals surface area contributed by atoms with E-state index in [0.717, 1.165) is 22.0 Å². The van der Waals surface area contributed by atoms with Crippen molar-refractivity contribution in [3.63, 3.8) is 0 Å². The van der Waals surface area contributed by atoms with Crippen LogP contribution in [-0.2, 0) is 26.3 Å². The van der Waals surface area contributed by atoms with E-state index >= 15 is 4.39 Å². The second kappa shape index (κ2) is 9.44. The fourth-order valence-corrected chi connectivity index (χ4v) is 5.88. The van der Waals surface area contributed by atoms with Crippen LogP contribution in [0.5, 0.6) is 0 Å². The number of carboxylic acids is 1. The van der Waals surface area contributed by atoms with Crippen molar-refractivity contribution in [1.29, 1.82) is 0 Å². The van der Waals surface area contributed by atoms with Gasteiger partial charge in [0.1, 0.15) is 11.6 Å². The number of fused-ring (bicyclic) bond motifs is 3. The van der Waals surface area contributed by atoms with Crippen LogP contribution in [0.3, 0.4) is 0 Å². The maximum absolute atomic E-state index is 15.4. The Kier molecular flexibility index (Phi) is 6.88. The van der Waals surface area contributed by atoms with Crippen LogP contribution in [0.1, 0.15) is 54.7 Å². The molecule has 0 fully saturated rings. The van der Waals surface area contributed by atoms with Crippen molar-refractivity contribution in [3.8, 4) is 22.3 Å². The highest BCUT2D eigenvalue weighted by molar-refractivity contribution is 7.90. The average molecular weight is 545 g/mol. The van der Waals surface area contributed by atoms with E-state index in [2.05, 4.69) is 0 Å². The monoisotopic (exact) mass is 544 g/mol. The van der Waals surface area contributed by atoms with E-state index in [0.29, 0.717) is 16.7 Å². The first-order valence-corrected chi connectivity index (χ1v) is 13.5. The van der Waals surface area contributed by atoms with E-state index in [1.807, 2.05) is 19.1 Å². The molecule has 3 aromatic carbocycles. The number of hydrogen-bond donors (Lipinski definition) is 2. The number of nitrogens with two attached hydrogens (primary N) is 1. The summed E-state index contributed by atoms with van der Waals surface area (Å²) in [5, 5.41) is 15.9. The van der Waals surface area contributed by atoms with E-state index in [4.69, 9.17) is 9.88 Å². The molecule has 0 aromatic heterocycles. The first-order chi connectivity index (χ1) is 17.5. The Labute approximate surface area is 221 Å². The largest absolute Gasteiger partial charge is 0.479 e. The van der Waals surface area contributed by atoms with Crippen LogP contribution in [0.25, 0.3) is 22.3 Å². The van der Waals surface area contributed by atoms with Crippen LogP contribution in [0, 0.1) is 32.4 Å². The quantitative estimate of drug-likeness (QED) is 0.429. The molecule has 0 unspecified atom stereocenters. The van der Waals surface area contributed by atoms with E-state index in [1.165, 1.54) is 0 Å². The summed E-state index contributed by atoms with van der Waals surface area (Å²) in [6.45, 7) is 9.66. The van der Waals surface area contributed by atoms with Crippen molar-refractivity contribution in [1.82, 2.24) is 0 Å². The van der Waals surface area contributed by atoms with Crippen LogP contribution in [0.4, 0.5) is 14.5 Å². The zero-order chi connectivity index (χ0) is 28.3. The molecule has 0 saturated heterocycles. The van der Waals surface area contributed by atoms with Crippen molar-refractivity contribution in [3.05, 3.63) is 75.8 Å². The zero-order valence-corrected chi connectivity index (χ0v) is 22.8.